The van der Waals surface area contributed by atoms with Gasteiger partial charge in [-0.25, -0.2) is 0 Å². The lowest BCUT2D eigenvalue weighted by molar-refractivity contribution is -0.692. The molecule has 0 spiro atoms. The fraction of sp³-hybridized carbons (Fsp3) is 0.619. The van der Waals surface area contributed by atoms with Gasteiger partial charge in [0.1, 0.15) is 11.6 Å². The number of carbonyl (C=O) groups is 1. The number of nitriles is 1. The Morgan fingerprint density at radius 2 is 1.92 bits per heavy atom. The van der Waals surface area contributed by atoms with Gasteiger partial charge in [0.2, 0.25) is 0 Å². The summed E-state index contributed by atoms with van der Waals surface area (Å²) in [4.78, 5) is 12.4. The topological polar surface area (TPSA) is 69.5 Å². The summed E-state index contributed by atoms with van der Waals surface area (Å²) in [5.41, 5.74) is 2.00. The maximum Gasteiger partial charge on any atom is 0.276 e. The monoisotopic (exact) mass is 342 g/mol. The smallest absolute Gasteiger partial charge is 0.276 e. The molecular weight excluding hydrogens is 310 g/mol. The number of nitrogens with one attached hydrogen (secondary N) is 1. The molecule has 0 radical (unpaired) electrons. The predicted molar refractivity (Wildman–Crippen MR) is 99.8 cm³/mol. The molecule has 1 aliphatic carbocycles. The second-order valence-electron chi connectivity index (χ2n) is 7.65. The van der Waals surface area contributed by atoms with Crippen LogP contribution in [-0.2, 0) is 11.2 Å². The Morgan fingerprint density at radius 3 is 2.44 bits per heavy atom. The van der Waals surface area contributed by atoms with E-state index in [1.807, 2.05) is 0 Å². The molecule has 0 heterocycles. The SMILES string of the molecule is CCCc1ccc([C@H]([NH2+]CC(=O)NC2(C#N)CCCC2)C(C)C)cc1. The lowest BCUT2D eigenvalue weighted by Crippen LogP contribution is -2.88. The number of aryl methyl sites for hydroxylation is 1. The number of hydrogen-bond acceptors (Lipinski definition) is 2. The zero-order valence-electron chi connectivity index (χ0n) is 15.8. The summed E-state index contributed by atoms with van der Waals surface area (Å²) in [5.74, 6) is 0.401. The Labute approximate surface area is 152 Å². The lowest BCUT2D eigenvalue weighted by Gasteiger charge is -2.23. The Bertz CT molecular complexity index is 595. The van der Waals surface area contributed by atoms with E-state index in [1.165, 1.54) is 11.1 Å². The number of nitrogens with two attached hydrogens (primary N) is 1. The van der Waals surface area contributed by atoms with Gasteiger partial charge < -0.3 is 10.6 Å². The van der Waals surface area contributed by atoms with Crippen molar-refractivity contribution in [3.63, 3.8) is 0 Å². The fourth-order valence-electron chi connectivity index (χ4n) is 3.78. The molecule has 0 bridgehead atoms. The van der Waals surface area contributed by atoms with Crippen LogP contribution in [0.5, 0.6) is 0 Å². The van der Waals surface area contributed by atoms with Crippen LogP contribution in [-0.4, -0.2) is 18.0 Å². The van der Waals surface area contributed by atoms with Crippen molar-refractivity contribution in [1.29, 1.82) is 5.26 Å². The minimum Gasteiger partial charge on any atom is -0.333 e. The molecule has 1 aromatic carbocycles. The molecule has 0 saturated heterocycles. The molecule has 1 saturated carbocycles. The molecule has 0 unspecified atom stereocenters. The van der Waals surface area contributed by atoms with Crippen LogP contribution in [0.4, 0.5) is 0 Å². The third-order valence-electron chi connectivity index (χ3n) is 5.23. The highest BCUT2D eigenvalue weighted by atomic mass is 16.2. The predicted octanol–water partition coefficient (Wildman–Crippen LogP) is 2.85. The Kier molecular flexibility index (Phi) is 7.01. The quantitative estimate of drug-likeness (QED) is 0.763. The van der Waals surface area contributed by atoms with Gasteiger partial charge in [-0.1, -0.05) is 51.5 Å². The minimum absolute atomic E-state index is 0.0308. The van der Waals surface area contributed by atoms with E-state index in [0.29, 0.717) is 12.5 Å². The average Bonchev–Trinajstić information content (AvgIpc) is 3.05. The number of quaternary nitrogens is 1. The molecule has 3 N–H and O–H groups in total. The molecule has 1 aromatic rings. The Morgan fingerprint density at radius 1 is 1.28 bits per heavy atom. The van der Waals surface area contributed by atoms with E-state index in [4.69, 9.17) is 0 Å². The number of benzene rings is 1. The van der Waals surface area contributed by atoms with Crippen LogP contribution < -0.4 is 10.6 Å². The van der Waals surface area contributed by atoms with Gasteiger partial charge in [-0.15, -0.1) is 0 Å². The summed E-state index contributed by atoms with van der Waals surface area (Å²) >= 11 is 0. The molecule has 2 rings (SSSR count). The number of hydrogen-bond donors (Lipinski definition) is 2. The minimum atomic E-state index is -0.625. The van der Waals surface area contributed by atoms with E-state index in [1.54, 1.807) is 0 Å². The Balaban J connectivity index is 1.95. The van der Waals surface area contributed by atoms with Crippen LogP contribution in [0.1, 0.15) is 70.0 Å². The van der Waals surface area contributed by atoms with Gasteiger partial charge in [0, 0.05) is 11.5 Å². The molecule has 0 aromatic heterocycles. The van der Waals surface area contributed by atoms with Crippen molar-refractivity contribution in [2.45, 2.75) is 70.9 Å². The van der Waals surface area contributed by atoms with Gasteiger partial charge in [0.05, 0.1) is 6.07 Å². The van der Waals surface area contributed by atoms with Gasteiger partial charge in [0.15, 0.2) is 6.54 Å². The Hall–Kier alpha value is -1.86. The first-order valence-electron chi connectivity index (χ1n) is 9.64. The molecule has 4 nitrogen and oxygen atoms in total. The largest absolute Gasteiger partial charge is 0.333 e. The van der Waals surface area contributed by atoms with Crippen molar-refractivity contribution in [1.82, 2.24) is 5.32 Å². The highest BCUT2D eigenvalue weighted by molar-refractivity contribution is 5.78. The molecule has 1 aliphatic rings. The van der Waals surface area contributed by atoms with Gasteiger partial charge >= 0.3 is 0 Å². The van der Waals surface area contributed by atoms with Crippen molar-refractivity contribution in [3.8, 4) is 6.07 Å². The van der Waals surface area contributed by atoms with Crippen LogP contribution in [0.3, 0.4) is 0 Å². The summed E-state index contributed by atoms with van der Waals surface area (Å²) in [6.07, 6.45) is 5.87. The third kappa shape index (κ3) is 5.31. The number of carbonyl (C=O) groups excluding carboxylic acids is 1. The highest BCUT2D eigenvalue weighted by Crippen LogP contribution is 2.28. The first-order valence-corrected chi connectivity index (χ1v) is 9.64. The molecule has 1 fully saturated rings. The molecule has 0 aliphatic heterocycles. The fourth-order valence-corrected chi connectivity index (χ4v) is 3.78. The number of nitrogens with zero attached hydrogens (tertiary/aromatic N) is 1. The summed E-state index contributed by atoms with van der Waals surface area (Å²) in [6, 6.07) is 11.4. The molecule has 1 amide bonds. The van der Waals surface area contributed by atoms with Crippen molar-refractivity contribution >= 4 is 5.91 Å². The molecule has 25 heavy (non-hydrogen) atoms. The van der Waals surface area contributed by atoms with Crippen molar-refractivity contribution in [2.75, 3.05) is 6.54 Å². The van der Waals surface area contributed by atoms with Gasteiger partial charge in [-0.3, -0.25) is 4.79 Å². The third-order valence-corrected chi connectivity index (χ3v) is 5.23. The number of amides is 1. The van der Waals surface area contributed by atoms with Crippen molar-refractivity contribution < 1.29 is 10.1 Å². The van der Waals surface area contributed by atoms with Crippen LogP contribution in [0.2, 0.25) is 0 Å². The standard InChI is InChI=1S/C21H31N3O/c1-4-7-17-8-10-18(11-9-17)20(16(2)3)23-14-19(25)24-21(15-22)12-5-6-13-21/h8-11,16,20,23H,4-7,12-14H2,1-3H3,(H,24,25)/p+1/t20-/m1/s1. The summed E-state index contributed by atoms with van der Waals surface area (Å²) in [5, 5.41) is 14.5. The zero-order valence-corrected chi connectivity index (χ0v) is 15.8. The summed E-state index contributed by atoms with van der Waals surface area (Å²) in [7, 11) is 0. The maximum atomic E-state index is 12.4. The van der Waals surface area contributed by atoms with Gasteiger partial charge in [0.25, 0.3) is 5.91 Å². The zero-order chi connectivity index (χ0) is 18.3. The number of rotatable bonds is 8. The van der Waals surface area contributed by atoms with E-state index >= 15 is 0 Å². The highest BCUT2D eigenvalue weighted by Gasteiger charge is 2.35. The van der Waals surface area contributed by atoms with E-state index in [9.17, 15) is 10.1 Å². The summed E-state index contributed by atoms with van der Waals surface area (Å²) in [6.45, 7) is 6.93. The molecule has 1 atom stereocenters. The van der Waals surface area contributed by atoms with Crippen LogP contribution in [0.25, 0.3) is 0 Å². The van der Waals surface area contributed by atoms with Crippen molar-refractivity contribution in [2.24, 2.45) is 5.92 Å². The van der Waals surface area contributed by atoms with Crippen LogP contribution in [0.15, 0.2) is 24.3 Å². The van der Waals surface area contributed by atoms with Gasteiger partial charge in [-0.2, -0.15) is 5.26 Å². The molecular formula is C21H32N3O+. The second kappa shape index (κ2) is 9.01. The first-order chi connectivity index (χ1) is 12.0. The molecule has 136 valence electrons. The molecule has 4 heteroatoms. The van der Waals surface area contributed by atoms with Crippen molar-refractivity contribution in [3.05, 3.63) is 35.4 Å². The average molecular weight is 343 g/mol. The van der Waals surface area contributed by atoms with Gasteiger partial charge in [-0.05, 0) is 37.7 Å². The normalized spacial score (nSPS) is 17.2. The first kappa shape index (κ1) is 19.5. The van der Waals surface area contributed by atoms with Crippen LogP contribution >= 0.6 is 0 Å². The summed E-state index contributed by atoms with van der Waals surface area (Å²) < 4.78 is 0. The maximum absolute atomic E-state index is 12.4. The van der Waals surface area contributed by atoms with E-state index in [2.05, 4.69) is 61.7 Å². The van der Waals surface area contributed by atoms with E-state index in [0.717, 1.165) is 38.5 Å². The van der Waals surface area contributed by atoms with E-state index < -0.39 is 5.54 Å². The van der Waals surface area contributed by atoms with Crippen LogP contribution in [0, 0.1) is 17.2 Å². The van der Waals surface area contributed by atoms with E-state index in [-0.39, 0.29) is 11.9 Å². The second-order valence-corrected chi connectivity index (χ2v) is 7.65. The lowest BCUT2D eigenvalue weighted by atomic mass is 9.94.